The molecular formula is C12H20N2O2S2. The highest BCUT2D eigenvalue weighted by atomic mass is 32.2. The van der Waals surface area contributed by atoms with Gasteiger partial charge in [-0.3, -0.25) is 0 Å². The highest BCUT2D eigenvalue weighted by molar-refractivity contribution is 7.98. The average Bonchev–Trinajstić information content (AvgIpc) is 2.35. The first-order valence-corrected chi connectivity index (χ1v) is 8.67. The molecule has 0 fully saturated rings. The Kier molecular flexibility index (Phi) is 5.98. The van der Waals surface area contributed by atoms with Crippen LogP contribution in [0.3, 0.4) is 0 Å². The van der Waals surface area contributed by atoms with Gasteiger partial charge in [0.2, 0.25) is 10.0 Å². The van der Waals surface area contributed by atoms with Crippen molar-refractivity contribution in [1.82, 2.24) is 4.72 Å². The monoisotopic (exact) mass is 288 g/mol. The largest absolute Gasteiger partial charge is 0.387 e. The second-order valence-corrected chi connectivity index (χ2v) is 6.72. The van der Waals surface area contributed by atoms with Crippen molar-refractivity contribution in [1.29, 1.82) is 0 Å². The van der Waals surface area contributed by atoms with E-state index in [1.165, 1.54) is 0 Å². The average molecular weight is 288 g/mol. The molecule has 1 aromatic rings. The van der Waals surface area contributed by atoms with Crippen LogP contribution >= 0.6 is 11.8 Å². The van der Waals surface area contributed by atoms with Crippen molar-refractivity contribution in [2.75, 3.05) is 24.4 Å². The van der Waals surface area contributed by atoms with Crippen LogP contribution in [0.5, 0.6) is 0 Å². The van der Waals surface area contributed by atoms with E-state index in [1.807, 2.05) is 19.2 Å². The molecule has 0 aliphatic carbocycles. The summed E-state index contributed by atoms with van der Waals surface area (Å²) >= 11 is 1.71. The number of hydrogen-bond donors (Lipinski definition) is 2. The first-order chi connectivity index (χ1) is 8.51. The molecule has 1 atom stereocenters. The zero-order chi connectivity index (χ0) is 13.6. The summed E-state index contributed by atoms with van der Waals surface area (Å²) in [6, 6.07) is 6.83. The summed E-state index contributed by atoms with van der Waals surface area (Å²) in [5.41, 5.74) is 0.613. The normalized spacial score (nSPS) is 13.3. The van der Waals surface area contributed by atoms with Gasteiger partial charge in [0.15, 0.2) is 0 Å². The van der Waals surface area contributed by atoms with Crippen LogP contribution in [0.25, 0.3) is 0 Å². The van der Waals surface area contributed by atoms with Crippen molar-refractivity contribution in [2.45, 2.75) is 24.3 Å². The van der Waals surface area contributed by atoms with Gasteiger partial charge in [0, 0.05) is 13.1 Å². The van der Waals surface area contributed by atoms with E-state index in [-0.39, 0.29) is 6.04 Å². The fourth-order valence-corrected chi connectivity index (χ4v) is 3.67. The molecule has 0 radical (unpaired) electrons. The van der Waals surface area contributed by atoms with Crippen LogP contribution in [0.1, 0.15) is 13.3 Å². The zero-order valence-electron chi connectivity index (χ0n) is 10.9. The topological polar surface area (TPSA) is 58.2 Å². The lowest BCUT2D eigenvalue weighted by Gasteiger charge is -2.15. The van der Waals surface area contributed by atoms with Gasteiger partial charge in [-0.05, 0) is 37.5 Å². The van der Waals surface area contributed by atoms with Gasteiger partial charge in [-0.1, -0.05) is 12.1 Å². The third kappa shape index (κ3) is 4.19. The minimum atomic E-state index is -3.45. The van der Waals surface area contributed by atoms with Crippen LogP contribution in [0, 0.1) is 0 Å². The molecule has 0 heterocycles. The number of rotatable bonds is 7. The molecule has 0 aliphatic rings. The Balaban J connectivity index is 2.86. The second kappa shape index (κ2) is 7.01. The Morgan fingerprint density at radius 2 is 2.00 bits per heavy atom. The molecule has 0 aliphatic heterocycles. The molecule has 102 valence electrons. The molecule has 18 heavy (non-hydrogen) atoms. The lowest BCUT2D eigenvalue weighted by Crippen LogP contribution is -2.33. The Labute approximate surface area is 114 Å². The standard InChI is InChI=1S/C12H20N2O2S2/c1-10(8-9-17-3)14-18(15,16)12-7-5-4-6-11(12)13-2/h4-7,10,13-14H,8-9H2,1-3H3. The Bertz CT molecular complexity index is 475. The Hall–Kier alpha value is -0.720. The van der Waals surface area contributed by atoms with Crippen LogP contribution < -0.4 is 10.0 Å². The van der Waals surface area contributed by atoms with Crippen LogP contribution in [0.15, 0.2) is 29.2 Å². The van der Waals surface area contributed by atoms with Crippen LogP contribution in [-0.4, -0.2) is 33.5 Å². The molecule has 0 spiro atoms. The van der Waals surface area contributed by atoms with Crippen LogP contribution in [-0.2, 0) is 10.0 Å². The second-order valence-electron chi connectivity index (χ2n) is 4.05. The highest BCUT2D eigenvalue weighted by Crippen LogP contribution is 2.20. The van der Waals surface area contributed by atoms with Gasteiger partial charge in [0.05, 0.1) is 5.69 Å². The SMILES string of the molecule is CNc1ccccc1S(=O)(=O)NC(C)CCSC. The smallest absolute Gasteiger partial charge is 0.242 e. The Morgan fingerprint density at radius 3 is 2.61 bits per heavy atom. The van der Waals surface area contributed by atoms with Crippen molar-refractivity contribution in [3.63, 3.8) is 0 Å². The van der Waals surface area contributed by atoms with Gasteiger partial charge in [-0.15, -0.1) is 0 Å². The molecule has 0 amide bonds. The van der Waals surface area contributed by atoms with E-state index < -0.39 is 10.0 Å². The van der Waals surface area contributed by atoms with Gasteiger partial charge >= 0.3 is 0 Å². The van der Waals surface area contributed by atoms with Crippen LogP contribution in [0.4, 0.5) is 5.69 Å². The number of benzene rings is 1. The fourth-order valence-electron chi connectivity index (χ4n) is 1.59. The number of hydrogen-bond acceptors (Lipinski definition) is 4. The van der Waals surface area contributed by atoms with Crippen molar-refractivity contribution in [2.24, 2.45) is 0 Å². The molecule has 0 bridgehead atoms. The van der Waals surface area contributed by atoms with Gasteiger partial charge in [0.25, 0.3) is 0 Å². The molecule has 1 rings (SSSR count). The summed E-state index contributed by atoms with van der Waals surface area (Å²) in [6.07, 6.45) is 2.83. The molecule has 1 unspecified atom stereocenters. The van der Waals surface area contributed by atoms with Crippen molar-refractivity contribution in [3.8, 4) is 0 Å². The molecule has 0 saturated heterocycles. The molecule has 0 saturated carbocycles. The maximum absolute atomic E-state index is 12.2. The first-order valence-electron chi connectivity index (χ1n) is 5.79. The lowest BCUT2D eigenvalue weighted by molar-refractivity contribution is 0.557. The van der Waals surface area contributed by atoms with Gasteiger partial charge < -0.3 is 5.32 Å². The third-order valence-electron chi connectivity index (χ3n) is 2.56. The molecule has 0 aromatic heterocycles. The number of nitrogens with one attached hydrogen (secondary N) is 2. The summed E-state index contributed by atoms with van der Waals surface area (Å²) in [4.78, 5) is 0.295. The fraction of sp³-hybridized carbons (Fsp3) is 0.500. The van der Waals surface area contributed by atoms with E-state index in [4.69, 9.17) is 0 Å². The minimum absolute atomic E-state index is 0.0626. The Morgan fingerprint density at radius 1 is 1.33 bits per heavy atom. The van der Waals surface area contributed by atoms with E-state index in [9.17, 15) is 8.42 Å². The van der Waals surface area contributed by atoms with E-state index in [0.717, 1.165) is 12.2 Å². The van der Waals surface area contributed by atoms with E-state index >= 15 is 0 Å². The van der Waals surface area contributed by atoms with Gasteiger partial charge in [-0.2, -0.15) is 11.8 Å². The summed E-state index contributed by atoms with van der Waals surface area (Å²) in [5, 5.41) is 2.89. The summed E-state index contributed by atoms with van der Waals surface area (Å²) in [7, 11) is -1.74. The van der Waals surface area contributed by atoms with Gasteiger partial charge in [0.1, 0.15) is 4.90 Å². The molecule has 4 nitrogen and oxygen atoms in total. The molecule has 6 heteroatoms. The molecular weight excluding hydrogens is 268 g/mol. The maximum atomic E-state index is 12.2. The quantitative estimate of drug-likeness (QED) is 0.807. The summed E-state index contributed by atoms with van der Waals surface area (Å²) in [6.45, 7) is 1.88. The van der Waals surface area contributed by atoms with Crippen molar-refractivity contribution < 1.29 is 8.42 Å². The van der Waals surface area contributed by atoms with E-state index in [0.29, 0.717) is 10.6 Å². The van der Waals surface area contributed by atoms with Crippen LogP contribution in [0.2, 0.25) is 0 Å². The first kappa shape index (κ1) is 15.3. The van der Waals surface area contributed by atoms with E-state index in [1.54, 1.807) is 37.0 Å². The van der Waals surface area contributed by atoms with Gasteiger partial charge in [-0.25, -0.2) is 13.1 Å². The summed E-state index contributed by atoms with van der Waals surface area (Å²) < 4.78 is 27.2. The zero-order valence-corrected chi connectivity index (χ0v) is 12.6. The molecule has 2 N–H and O–H groups in total. The number of sulfonamides is 1. The predicted molar refractivity (Wildman–Crippen MR) is 78.8 cm³/mol. The number of para-hydroxylation sites is 1. The number of thioether (sulfide) groups is 1. The third-order valence-corrected chi connectivity index (χ3v) is 4.85. The minimum Gasteiger partial charge on any atom is -0.387 e. The number of anilines is 1. The predicted octanol–water partition coefficient (Wildman–Crippen LogP) is 2.15. The summed E-state index contributed by atoms with van der Waals surface area (Å²) in [5.74, 6) is 0.942. The lowest BCUT2D eigenvalue weighted by atomic mass is 10.3. The van der Waals surface area contributed by atoms with Crippen molar-refractivity contribution in [3.05, 3.63) is 24.3 Å². The molecule has 1 aromatic carbocycles. The van der Waals surface area contributed by atoms with Crippen molar-refractivity contribution >= 4 is 27.5 Å². The highest BCUT2D eigenvalue weighted by Gasteiger charge is 2.19. The maximum Gasteiger partial charge on any atom is 0.242 e. The van der Waals surface area contributed by atoms with E-state index in [2.05, 4.69) is 10.0 Å².